The Morgan fingerprint density at radius 3 is 3.06 bits per heavy atom. The van der Waals surface area contributed by atoms with Gasteiger partial charge in [-0.2, -0.15) is 0 Å². The molecule has 1 aromatic heterocycles. The minimum Gasteiger partial charge on any atom is -0.409 e. The lowest BCUT2D eigenvalue weighted by Crippen LogP contribution is -2.28. The first kappa shape index (κ1) is 14.0. The van der Waals surface area contributed by atoms with E-state index in [2.05, 4.69) is 34.9 Å². The molecule has 1 atom stereocenters. The van der Waals surface area contributed by atoms with E-state index in [1.807, 2.05) is 0 Å². The quantitative estimate of drug-likeness (QED) is 0.219. The molecule has 1 rings (SSSR count). The second-order valence-corrected chi connectivity index (χ2v) is 5.22. The van der Waals surface area contributed by atoms with Crippen LogP contribution in [0.1, 0.15) is 31.1 Å². The molecule has 5 heteroatoms. The van der Waals surface area contributed by atoms with Gasteiger partial charge in [0.1, 0.15) is 5.84 Å². The van der Waals surface area contributed by atoms with E-state index >= 15 is 0 Å². The number of nitrogens with one attached hydrogen (secondary N) is 1. The van der Waals surface area contributed by atoms with Crippen molar-refractivity contribution >= 4 is 17.2 Å². The normalized spacial score (nSPS) is 13.8. The minimum absolute atomic E-state index is 0.316. The molecule has 0 aliphatic carbocycles. The summed E-state index contributed by atoms with van der Waals surface area (Å²) in [6, 6.07) is 4.75. The summed E-state index contributed by atoms with van der Waals surface area (Å²) in [6.45, 7) is 3.18. The molecule has 0 amide bonds. The van der Waals surface area contributed by atoms with Crippen LogP contribution in [0, 0.1) is 0 Å². The van der Waals surface area contributed by atoms with E-state index in [9.17, 15) is 0 Å². The van der Waals surface area contributed by atoms with Crippen molar-refractivity contribution in [3.05, 3.63) is 22.4 Å². The highest BCUT2D eigenvalue weighted by Crippen LogP contribution is 2.10. The molecule has 0 spiro atoms. The van der Waals surface area contributed by atoms with Gasteiger partial charge in [0.25, 0.3) is 0 Å². The standard InChI is InChI=1S/C12H21N3OS/c1-10(9-11-5-4-8-17-11)14-7-3-2-6-12(13)15-16/h4-5,8,10,14,16H,2-3,6-7,9H2,1H3,(H2,13,15). The predicted octanol–water partition coefficient (Wildman–Crippen LogP) is 2.19. The van der Waals surface area contributed by atoms with Gasteiger partial charge in [-0.25, -0.2) is 0 Å². The first-order valence-corrected chi connectivity index (χ1v) is 6.82. The van der Waals surface area contributed by atoms with Crippen molar-refractivity contribution in [3.63, 3.8) is 0 Å². The van der Waals surface area contributed by atoms with Crippen LogP contribution >= 0.6 is 11.3 Å². The molecule has 0 bridgehead atoms. The van der Waals surface area contributed by atoms with Gasteiger partial charge in [-0.05, 0) is 44.2 Å². The van der Waals surface area contributed by atoms with Crippen LogP contribution < -0.4 is 11.1 Å². The van der Waals surface area contributed by atoms with Crippen LogP contribution in [0.4, 0.5) is 0 Å². The zero-order chi connectivity index (χ0) is 12.5. The topological polar surface area (TPSA) is 70.6 Å². The molecule has 0 fully saturated rings. The van der Waals surface area contributed by atoms with Crippen LogP contribution in [-0.4, -0.2) is 23.6 Å². The fourth-order valence-corrected chi connectivity index (χ4v) is 2.47. The number of hydrogen-bond donors (Lipinski definition) is 3. The summed E-state index contributed by atoms with van der Waals surface area (Å²) < 4.78 is 0. The van der Waals surface area contributed by atoms with E-state index in [1.165, 1.54) is 4.88 Å². The summed E-state index contributed by atoms with van der Waals surface area (Å²) in [5.41, 5.74) is 5.39. The highest BCUT2D eigenvalue weighted by Gasteiger charge is 2.03. The van der Waals surface area contributed by atoms with Crippen LogP contribution in [0.3, 0.4) is 0 Å². The van der Waals surface area contributed by atoms with Gasteiger partial charge >= 0.3 is 0 Å². The summed E-state index contributed by atoms with van der Waals surface area (Å²) >= 11 is 1.80. The Morgan fingerprint density at radius 1 is 1.59 bits per heavy atom. The van der Waals surface area contributed by atoms with Crippen molar-refractivity contribution in [2.24, 2.45) is 10.9 Å². The molecular weight excluding hydrogens is 234 g/mol. The number of hydrogen-bond acceptors (Lipinski definition) is 4. The number of nitrogens with two attached hydrogens (primary N) is 1. The van der Waals surface area contributed by atoms with Gasteiger partial charge in [-0.1, -0.05) is 11.2 Å². The second kappa shape index (κ2) is 8.08. The molecule has 0 saturated heterocycles. The highest BCUT2D eigenvalue weighted by molar-refractivity contribution is 7.09. The Morgan fingerprint density at radius 2 is 2.41 bits per heavy atom. The molecule has 1 aromatic rings. The monoisotopic (exact) mass is 255 g/mol. The van der Waals surface area contributed by atoms with Gasteiger partial charge in [-0.3, -0.25) is 0 Å². The lowest BCUT2D eigenvalue weighted by molar-refractivity contribution is 0.316. The molecule has 4 N–H and O–H groups in total. The summed E-state index contributed by atoms with van der Waals surface area (Å²) in [7, 11) is 0. The molecule has 17 heavy (non-hydrogen) atoms. The first-order chi connectivity index (χ1) is 8.22. The van der Waals surface area contributed by atoms with Crippen molar-refractivity contribution in [1.29, 1.82) is 0 Å². The zero-order valence-corrected chi connectivity index (χ0v) is 11.0. The van der Waals surface area contributed by atoms with E-state index in [4.69, 9.17) is 10.9 Å². The van der Waals surface area contributed by atoms with Crippen molar-refractivity contribution in [2.45, 2.75) is 38.6 Å². The summed E-state index contributed by atoms with van der Waals surface area (Å²) in [5.74, 6) is 0.316. The largest absolute Gasteiger partial charge is 0.409 e. The number of unbranched alkanes of at least 4 members (excludes halogenated alkanes) is 1. The van der Waals surface area contributed by atoms with Gasteiger partial charge in [0.05, 0.1) is 0 Å². The maximum absolute atomic E-state index is 8.37. The molecule has 0 aromatic carbocycles. The maximum atomic E-state index is 8.37. The summed E-state index contributed by atoms with van der Waals surface area (Å²) in [5, 5.41) is 16.9. The van der Waals surface area contributed by atoms with Gasteiger partial charge < -0.3 is 16.3 Å². The number of oxime groups is 1. The fourth-order valence-electron chi connectivity index (χ4n) is 1.63. The molecule has 1 unspecified atom stereocenters. The van der Waals surface area contributed by atoms with E-state index < -0.39 is 0 Å². The van der Waals surface area contributed by atoms with Gasteiger partial charge in [0, 0.05) is 17.3 Å². The maximum Gasteiger partial charge on any atom is 0.139 e. The summed E-state index contributed by atoms with van der Waals surface area (Å²) in [4.78, 5) is 1.42. The number of amidine groups is 1. The fraction of sp³-hybridized carbons (Fsp3) is 0.583. The molecular formula is C12H21N3OS. The molecule has 0 aliphatic heterocycles. The highest BCUT2D eigenvalue weighted by atomic mass is 32.1. The molecule has 0 radical (unpaired) electrons. The molecule has 0 aliphatic rings. The zero-order valence-electron chi connectivity index (χ0n) is 10.2. The number of nitrogens with zero attached hydrogens (tertiary/aromatic N) is 1. The Hall–Kier alpha value is -1.07. The van der Waals surface area contributed by atoms with Crippen LogP contribution in [0.2, 0.25) is 0 Å². The lowest BCUT2D eigenvalue weighted by atomic mass is 10.2. The lowest BCUT2D eigenvalue weighted by Gasteiger charge is -2.12. The number of thiophene rings is 1. The van der Waals surface area contributed by atoms with Crippen LogP contribution in [-0.2, 0) is 6.42 Å². The third-order valence-electron chi connectivity index (χ3n) is 2.57. The van der Waals surface area contributed by atoms with Crippen molar-refractivity contribution in [2.75, 3.05) is 6.54 Å². The van der Waals surface area contributed by atoms with Crippen LogP contribution in [0.5, 0.6) is 0 Å². The Bertz CT molecular complexity index is 325. The van der Waals surface area contributed by atoms with E-state index in [1.54, 1.807) is 11.3 Å². The molecule has 0 saturated carbocycles. The van der Waals surface area contributed by atoms with E-state index in [-0.39, 0.29) is 0 Å². The Labute approximate surface area is 107 Å². The van der Waals surface area contributed by atoms with Gasteiger partial charge in [0.15, 0.2) is 0 Å². The van der Waals surface area contributed by atoms with Gasteiger partial charge in [-0.15, -0.1) is 11.3 Å². The average Bonchev–Trinajstić information content (AvgIpc) is 2.81. The predicted molar refractivity (Wildman–Crippen MR) is 72.7 cm³/mol. The molecule has 1 heterocycles. The molecule has 4 nitrogen and oxygen atoms in total. The SMILES string of the molecule is CC(Cc1cccs1)NCCCCC(N)=NO. The van der Waals surface area contributed by atoms with E-state index in [0.29, 0.717) is 18.3 Å². The van der Waals surface area contributed by atoms with Crippen molar-refractivity contribution < 1.29 is 5.21 Å². The summed E-state index contributed by atoms with van der Waals surface area (Å²) in [6.07, 6.45) is 3.75. The molecule has 96 valence electrons. The van der Waals surface area contributed by atoms with Crippen molar-refractivity contribution in [1.82, 2.24) is 5.32 Å². The smallest absolute Gasteiger partial charge is 0.139 e. The van der Waals surface area contributed by atoms with Crippen LogP contribution in [0.15, 0.2) is 22.7 Å². The van der Waals surface area contributed by atoms with Crippen LogP contribution in [0.25, 0.3) is 0 Å². The third kappa shape index (κ3) is 6.28. The minimum atomic E-state index is 0.316. The Kier molecular flexibility index (Phi) is 6.65. The van der Waals surface area contributed by atoms with Gasteiger partial charge in [0.2, 0.25) is 0 Å². The first-order valence-electron chi connectivity index (χ1n) is 5.94. The average molecular weight is 255 g/mol. The third-order valence-corrected chi connectivity index (χ3v) is 3.47. The van der Waals surface area contributed by atoms with Crippen molar-refractivity contribution in [3.8, 4) is 0 Å². The number of rotatable bonds is 8. The second-order valence-electron chi connectivity index (χ2n) is 4.19. The Balaban J connectivity index is 2.02. The van der Waals surface area contributed by atoms with E-state index in [0.717, 1.165) is 25.8 Å².